The van der Waals surface area contributed by atoms with Crippen molar-refractivity contribution in [3.63, 3.8) is 0 Å². The van der Waals surface area contributed by atoms with Crippen molar-refractivity contribution in [3.8, 4) is 10.6 Å². The van der Waals surface area contributed by atoms with Crippen LogP contribution in [0.3, 0.4) is 0 Å². The van der Waals surface area contributed by atoms with Gasteiger partial charge in [0, 0.05) is 17.4 Å². The maximum atomic E-state index is 11.4. The number of esters is 1. The molecule has 2 aromatic rings. The summed E-state index contributed by atoms with van der Waals surface area (Å²) in [5.74, 6) is 0.568. The van der Waals surface area contributed by atoms with Crippen molar-refractivity contribution in [1.82, 2.24) is 4.98 Å². The highest BCUT2D eigenvalue weighted by atomic mass is 32.1. The molecule has 3 rings (SSSR count). The summed E-state index contributed by atoms with van der Waals surface area (Å²) < 4.78 is 4.95. The lowest BCUT2D eigenvalue weighted by Crippen LogP contribution is -2.05. The van der Waals surface area contributed by atoms with Crippen LogP contribution >= 0.6 is 11.3 Å². The summed E-state index contributed by atoms with van der Waals surface area (Å²) in [6, 6.07) is 8.54. The van der Waals surface area contributed by atoms with E-state index in [1.807, 2.05) is 6.92 Å². The SMILES string of the molecule is CCOC(=O)CCc1csc(-c2ccccc2C2CC2)n1. The molecule has 0 unspecified atom stereocenters. The van der Waals surface area contributed by atoms with E-state index in [1.54, 1.807) is 11.3 Å². The van der Waals surface area contributed by atoms with Crippen LogP contribution < -0.4 is 0 Å². The maximum Gasteiger partial charge on any atom is 0.306 e. The molecule has 0 N–H and O–H groups in total. The number of aromatic nitrogens is 1. The van der Waals surface area contributed by atoms with E-state index in [1.165, 1.54) is 24.0 Å². The number of carbonyl (C=O) groups is 1. The molecule has 0 radical (unpaired) electrons. The molecule has 0 amide bonds. The third-order valence-electron chi connectivity index (χ3n) is 3.65. The molecule has 0 aliphatic heterocycles. The number of carbonyl (C=O) groups excluding carboxylic acids is 1. The zero-order valence-electron chi connectivity index (χ0n) is 12.2. The Balaban J connectivity index is 1.71. The van der Waals surface area contributed by atoms with Gasteiger partial charge in [-0.05, 0) is 31.2 Å². The molecular weight excluding hydrogens is 282 g/mol. The first kappa shape index (κ1) is 14.3. The van der Waals surface area contributed by atoms with Gasteiger partial charge in [-0.15, -0.1) is 11.3 Å². The third-order valence-corrected chi connectivity index (χ3v) is 4.58. The van der Waals surface area contributed by atoms with Gasteiger partial charge in [0.15, 0.2) is 0 Å². The molecule has 1 heterocycles. The van der Waals surface area contributed by atoms with Crippen molar-refractivity contribution in [2.24, 2.45) is 0 Å². The van der Waals surface area contributed by atoms with Crippen LogP contribution in [-0.2, 0) is 16.0 Å². The number of hydrogen-bond acceptors (Lipinski definition) is 4. The first-order valence-electron chi connectivity index (χ1n) is 7.47. The summed E-state index contributed by atoms with van der Waals surface area (Å²) >= 11 is 1.66. The van der Waals surface area contributed by atoms with E-state index in [0.29, 0.717) is 25.4 Å². The van der Waals surface area contributed by atoms with Crippen LogP contribution in [0.4, 0.5) is 0 Å². The molecular formula is C17H19NO2S. The number of rotatable bonds is 6. The van der Waals surface area contributed by atoms with Crippen LogP contribution in [0.15, 0.2) is 29.6 Å². The lowest BCUT2D eigenvalue weighted by atomic mass is 10.0. The number of ether oxygens (including phenoxy) is 1. The standard InChI is InChI=1S/C17H19NO2S/c1-2-20-16(19)10-9-13-11-21-17(18-13)15-6-4-3-5-14(15)12-7-8-12/h3-6,11-12H,2,7-10H2,1H3. The van der Waals surface area contributed by atoms with Crippen molar-refractivity contribution in [2.45, 2.75) is 38.5 Å². The monoisotopic (exact) mass is 301 g/mol. The molecule has 3 nitrogen and oxygen atoms in total. The van der Waals surface area contributed by atoms with Gasteiger partial charge in [-0.25, -0.2) is 4.98 Å². The quantitative estimate of drug-likeness (QED) is 0.751. The Morgan fingerprint density at radius 3 is 2.95 bits per heavy atom. The number of benzene rings is 1. The minimum absolute atomic E-state index is 0.148. The predicted octanol–water partition coefficient (Wildman–Crippen LogP) is 4.18. The fourth-order valence-corrected chi connectivity index (χ4v) is 3.35. The summed E-state index contributed by atoms with van der Waals surface area (Å²) in [6.45, 7) is 2.27. The molecule has 1 aromatic heterocycles. The molecule has 1 aliphatic carbocycles. The van der Waals surface area contributed by atoms with Gasteiger partial charge in [-0.2, -0.15) is 0 Å². The van der Waals surface area contributed by atoms with Gasteiger partial charge < -0.3 is 4.74 Å². The van der Waals surface area contributed by atoms with Crippen LogP contribution in [0, 0.1) is 0 Å². The lowest BCUT2D eigenvalue weighted by Gasteiger charge is -2.05. The highest BCUT2D eigenvalue weighted by Gasteiger charge is 2.26. The summed E-state index contributed by atoms with van der Waals surface area (Å²) in [4.78, 5) is 16.1. The molecule has 1 saturated carbocycles. The molecule has 0 spiro atoms. The molecule has 1 fully saturated rings. The van der Waals surface area contributed by atoms with Crippen molar-refractivity contribution in [3.05, 3.63) is 40.9 Å². The van der Waals surface area contributed by atoms with Crippen molar-refractivity contribution in [2.75, 3.05) is 6.61 Å². The molecule has 4 heteroatoms. The van der Waals surface area contributed by atoms with Gasteiger partial charge in [0.05, 0.1) is 18.7 Å². The Hall–Kier alpha value is -1.68. The zero-order valence-corrected chi connectivity index (χ0v) is 13.0. The number of hydrogen-bond donors (Lipinski definition) is 0. The maximum absolute atomic E-state index is 11.4. The summed E-state index contributed by atoms with van der Waals surface area (Å²) in [6.07, 6.45) is 3.64. The molecule has 21 heavy (non-hydrogen) atoms. The molecule has 0 saturated heterocycles. The van der Waals surface area contributed by atoms with Gasteiger partial charge in [-0.1, -0.05) is 24.3 Å². The molecule has 0 bridgehead atoms. The average molecular weight is 301 g/mol. The Kier molecular flexibility index (Phi) is 4.34. The molecule has 1 aliphatic rings. The van der Waals surface area contributed by atoms with Gasteiger partial charge in [0.2, 0.25) is 0 Å². The first-order chi connectivity index (χ1) is 10.3. The van der Waals surface area contributed by atoms with Crippen molar-refractivity contribution >= 4 is 17.3 Å². The van der Waals surface area contributed by atoms with E-state index < -0.39 is 0 Å². The predicted molar refractivity (Wildman–Crippen MR) is 84.5 cm³/mol. The van der Waals surface area contributed by atoms with Gasteiger partial charge >= 0.3 is 5.97 Å². The van der Waals surface area contributed by atoms with E-state index in [4.69, 9.17) is 9.72 Å². The minimum Gasteiger partial charge on any atom is -0.466 e. The molecule has 0 atom stereocenters. The molecule has 1 aromatic carbocycles. The van der Waals surface area contributed by atoms with Gasteiger partial charge in [-0.3, -0.25) is 4.79 Å². The summed E-state index contributed by atoms with van der Waals surface area (Å²) in [5.41, 5.74) is 3.66. The Morgan fingerprint density at radius 1 is 1.38 bits per heavy atom. The average Bonchev–Trinajstić information content (AvgIpc) is 3.24. The van der Waals surface area contributed by atoms with E-state index in [2.05, 4.69) is 29.6 Å². The highest BCUT2D eigenvalue weighted by Crippen LogP contribution is 2.44. The van der Waals surface area contributed by atoms with Crippen LogP contribution in [0.1, 0.15) is 43.4 Å². The Labute approximate surface area is 129 Å². The van der Waals surface area contributed by atoms with E-state index >= 15 is 0 Å². The summed E-state index contributed by atoms with van der Waals surface area (Å²) in [5, 5.41) is 3.12. The smallest absolute Gasteiger partial charge is 0.306 e. The highest BCUT2D eigenvalue weighted by molar-refractivity contribution is 7.13. The topological polar surface area (TPSA) is 39.2 Å². The molecule has 110 valence electrons. The van der Waals surface area contributed by atoms with Crippen molar-refractivity contribution < 1.29 is 9.53 Å². The number of nitrogens with zero attached hydrogens (tertiary/aromatic N) is 1. The fourth-order valence-electron chi connectivity index (χ4n) is 2.45. The van der Waals surface area contributed by atoms with E-state index in [0.717, 1.165) is 10.7 Å². The van der Waals surface area contributed by atoms with Crippen LogP contribution in [0.25, 0.3) is 10.6 Å². The Morgan fingerprint density at radius 2 is 2.19 bits per heavy atom. The first-order valence-corrected chi connectivity index (χ1v) is 8.35. The van der Waals surface area contributed by atoms with Gasteiger partial charge in [0.1, 0.15) is 5.01 Å². The van der Waals surface area contributed by atoms with Gasteiger partial charge in [0.25, 0.3) is 0 Å². The largest absolute Gasteiger partial charge is 0.466 e. The second-order valence-corrected chi connectivity index (χ2v) is 6.17. The van der Waals surface area contributed by atoms with Crippen LogP contribution in [0.5, 0.6) is 0 Å². The number of aryl methyl sites for hydroxylation is 1. The Bertz CT molecular complexity index is 631. The normalized spacial score (nSPS) is 14.1. The van der Waals surface area contributed by atoms with Crippen LogP contribution in [0.2, 0.25) is 0 Å². The van der Waals surface area contributed by atoms with Crippen molar-refractivity contribution in [1.29, 1.82) is 0 Å². The lowest BCUT2D eigenvalue weighted by molar-refractivity contribution is -0.143. The third kappa shape index (κ3) is 3.50. The number of thiazole rings is 1. The second kappa shape index (κ2) is 6.39. The second-order valence-electron chi connectivity index (χ2n) is 5.31. The van der Waals surface area contributed by atoms with E-state index in [-0.39, 0.29) is 5.97 Å². The zero-order chi connectivity index (χ0) is 14.7. The van der Waals surface area contributed by atoms with E-state index in [9.17, 15) is 4.79 Å². The summed E-state index contributed by atoms with van der Waals surface area (Å²) in [7, 11) is 0. The van der Waals surface area contributed by atoms with Crippen LogP contribution in [-0.4, -0.2) is 17.6 Å². The minimum atomic E-state index is -0.148. The fraction of sp³-hybridized carbons (Fsp3) is 0.412.